The van der Waals surface area contributed by atoms with Crippen LogP contribution in [0.5, 0.6) is 0 Å². The first-order valence-corrected chi connectivity index (χ1v) is 8.53. The zero-order chi connectivity index (χ0) is 14.4. The second-order valence-corrected chi connectivity index (χ2v) is 6.17. The Bertz CT molecular complexity index is 546. The predicted octanol–water partition coefficient (Wildman–Crippen LogP) is 3.25. The fraction of sp³-hybridized carbons (Fsp3) is 0.286. The highest BCUT2D eigenvalue weighted by Crippen LogP contribution is 2.23. The number of hydrogen-bond donors (Lipinski definition) is 2. The van der Waals surface area contributed by atoms with Gasteiger partial charge in [-0.1, -0.05) is 0 Å². The first-order chi connectivity index (χ1) is 9.70. The summed E-state index contributed by atoms with van der Waals surface area (Å²) in [5, 5.41) is 5.74. The van der Waals surface area contributed by atoms with Crippen LogP contribution in [0.25, 0.3) is 10.6 Å². The highest BCUT2D eigenvalue weighted by Gasteiger charge is 2.12. The van der Waals surface area contributed by atoms with Gasteiger partial charge in [0.2, 0.25) is 5.91 Å². The van der Waals surface area contributed by atoms with Gasteiger partial charge < -0.3 is 11.1 Å². The van der Waals surface area contributed by atoms with Crippen LogP contribution in [-0.2, 0) is 4.79 Å². The Morgan fingerprint density at radius 3 is 2.71 bits per heavy atom. The number of nitrogens with two attached hydrogens (primary N) is 1. The van der Waals surface area contributed by atoms with Gasteiger partial charge in [-0.15, -0.1) is 23.7 Å². The summed E-state index contributed by atoms with van der Waals surface area (Å²) in [5.74, 6) is 0.749. The number of amides is 1. The number of anilines is 1. The van der Waals surface area contributed by atoms with E-state index in [1.165, 1.54) is 0 Å². The molecule has 3 N–H and O–H groups in total. The van der Waals surface area contributed by atoms with Crippen LogP contribution in [0.1, 0.15) is 6.42 Å². The van der Waals surface area contributed by atoms with Crippen molar-refractivity contribution < 1.29 is 4.79 Å². The van der Waals surface area contributed by atoms with Gasteiger partial charge in [0, 0.05) is 22.8 Å². The van der Waals surface area contributed by atoms with E-state index in [0.717, 1.165) is 22.0 Å². The molecule has 4 nitrogen and oxygen atoms in total. The second kappa shape index (κ2) is 9.04. The number of thiazole rings is 1. The summed E-state index contributed by atoms with van der Waals surface area (Å²) in [7, 11) is 0. The summed E-state index contributed by atoms with van der Waals surface area (Å²) in [4.78, 5) is 16.1. The molecule has 0 unspecified atom stereocenters. The molecule has 21 heavy (non-hydrogen) atoms. The first kappa shape index (κ1) is 18.0. The van der Waals surface area contributed by atoms with Crippen LogP contribution in [0.2, 0.25) is 0 Å². The highest BCUT2D eigenvalue weighted by atomic mass is 35.5. The molecule has 7 heteroatoms. The molecule has 0 spiro atoms. The number of carbonyl (C=O) groups excluding carboxylic acids is 1. The van der Waals surface area contributed by atoms with Gasteiger partial charge in [-0.05, 0) is 42.7 Å². The van der Waals surface area contributed by atoms with E-state index in [9.17, 15) is 4.79 Å². The van der Waals surface area contributed by atoms with Crippen LogP contribution in [0.15, 0.2) is 35.8 Å². The molecule has 0 radical (unpaired) electrons. The fourth-order valence-electron chi connectivity index (χ4n) is 1.67. The molecule has 114 valence electrons. The molecule has 0 aliphatic heterocycles. The molecule has 1 atom stereocenters. The van der Waals surface area contributed by atoms with Crippen molar-refractivity contribution in [3.8, 4) is 10.6 Å². The minimum absolute atomic E-state index is 0. The number of aromatic nitrogens is 1. The molecule has 2 aromatic rings. The van der Waals surface area contributed by atoms with E-state index in [0.29, 0.717) is 6.42 Å². The molecule has 0 aliphatic rings. The monoisotopic (exact) mass is 343 g/mol. The lowest BCUT2D eigenvalue weighted by molar-refractivity contribution is -0.117. The van der Waals surface area contributed by atoms with E-state index in [1.54, 1.807) is 29.3 Å². The van der Waals surface area contributed by atoms with Crippen molar-refractivity contribution in [3.05, 3.63) is 35.8 Å². The number of rotatable bonds is 6. The lowest BCUT2D eigenvalue weighted by Crippen LogP contribution is -2.36. The van der Waals surface area contributed by atoms with E-state index in [1.807, 2.05) is 35.9 Å². The number of nitrogens with zero attached hydrogens (tertiary/aromatic N) is 1. The third-order valence-corrected chi connectivity index (χ3v) is 4.27. The topological polar surface area (TPSA) is 68.0 Å². The standard InChI is InChI=1S/C14H17N3OS2.ClH/c1-19-8-6-12(15)13(18)17-11-4-2-10(3-5-11)14-16-7-9-20-14;/h2-5,7,9,12H,6,8,15H2,1H3,(H,17,18);1H/t12-;/m0./s1. The maximum Gasteiger partial charge on any atom is 0.241 e. The number of nitrogens with one attached hydrogen (secondary N) is 1. The van der Waals surface area contributed by atoms with Crippen LogP contribution < -0.4 is 11.1 Å². The van der Waals surface area contributed by atoms with Crippen molar-refractivity contribution in [2.24, 2.45) is 5.73 Å². The Balaban J connectivity index is 0.00000220. The SMILES string of the molecule is CSCC[C@H](N)C(=O)Nc1ccc(-c2nccs2)cc1.Cl. The normalized spacial score (nSPS) is 11.5. The van der Waals surface area contributed by atoms with Crippen LogP contribution >= 0.6 is 35.5 Å². The van der Waals surface area contributed by atoms with Gasteiger partial charge in [0.1, 0.15) is 5.01 Å². The van der Waals surface area contributed by atoms with Gasteiger partial charge in [0.25, 0.3) is 0 Å². The van der Waals surface area contributed by atoms with Gasteiger partial charge in [0.15, 0.2) is 0 Å². The largest absolute Gasteiger partial charge is 0.325 e. The van der Waals surface area contributed by atoms with E-state index in [2.05, 4.69) is 10.3 Å². The molecule has 2 rings (SSSR count). The number of carbonyl (C=O) groups is 1. The molecule has 1 aromatic heterocycles. The summed E-state index contributed by atoms with van der Waals surface area (Å²) in [6.45, 7) is 0. The summed E-state index contributed by atoms with van der Waals surface area (Å²) in [5.41, 5.74) is 7.63. The number of hydrogen-bond acceptors (Lipinski definition) is 5. The molecule has 0 fully saturated rings. The minimum Gasteiger partial charge on any atom is -0.325 e. The Morgan fingerprint density at radius 2 is 2.14 bits per heavy atom. The Kier molecular flexibility index (Phi) is 7.74. The maximum absolute atomic E-state index is 11.9. The molecule has 0 saturated heterocycles. The van der Waals surface area contributed by atoms with Crippen molar-refractivity contribution in [3.63, 3.8) is 0 Å². The number of thioether (sulfide) groups is 1. The molecule has 1 amide bonds. The van der Waals surface area contributed by atoms with Gasteiger partial charge >= 0.3 is 0 Å². The van der Waals surface area contributed by atoms with Gasteiger partial charge in [-0.25, -0.2) is 4.98 Å². The summed E-state index contributed by atoms with van der Waals surface area (Å²) < 4.78 is 0. The van der Waals surface area contributed by atoms with Crippen LogP contribution in [0.4, 0.5) is 5.69 Å². The van der Waals surface area contributed by atoms with Crippen LogP contribution in [0, 0.1) is 0 Å². The Hall–Kier alpha value is -1.08. The zero-order valence-corrected chi connectivity index (χ0v) is 14.1. The average Bonchev–Trinajstić information content (AvgIpc) is 2.99. The summed E-state index contributed by atoms with van der Waals surface area (Å²) in [6, 6.07) is 7.18. The maximum atomic E-state index is 11.9. The smallest absolute Gasteiger partial charge is 0.241 e. The Labute approximate surface area is 139 Å². The number of halogens is 1. The van der Waals surface area contributed by atoms with Crippen molar-refractivity contribution in [2.75, 3.05) is 17.3 Å². The molecule has 1 heterocycles. The van der Waals surface area contributed by atoms with E-state index in [-0.39, 0.29) is 18.3 Å². The van der Waals surface area contributed by atoms with Crippen LogP contribution in [-0.4, -0.2) is 28.9 Å². The second-order valence-electron chi connectivity index (χ2n) is 4.29. The van der Waals surface area contributed by atoms with E-state index < -0.39 is 6.04 Å². The Morgan fingerprint density at radius 1 is 1.43 bits per heavy atom. The van der Waals surface area contributed by atoms with Crippen molar-refractivity contribution in [1.82, 2.24) is 4.98 Å². The first-order valence-electron chi connectivity index (χ1n) is 6.26. The van der Waals surface area contributed by atoms with Gasteiger partial charge in [0.05, 0.1) is 6.04 Å². The lowest BCUT2D eigenvalue weighted by atomic mass is 10.2. The van der Waals surface area contributed by atoms with Crippen molar-refractivity contribution in [1.29, 1.82) is 0 Å². The zero-order valence-electron chi connectivity index (χ0n) is 11.6. The van der Waals surface area contributed by atoms with Gasteiger partial charge in [-0.2, -0.15) is 11.8 Å². The average molecular weight is 344 g/mol. The summed E-state index contributed by atoms with van der Waals surface area (Å²) >= 11 is 3.28. The molecular weight excluding hydrogens is 326 g/mol. The van der Waals surface area contributed by atoms with Crippen LogP contribution in [0.3, 0.4) is 0 Å². The summed E-state index contributed by atoms with van der Waals surface area (Å²) in [6.07, 6.45) is 4.46. The van der Waals surface area contributed by atoms with E-state index >= 15 is 0 Å². The van der Waals surface area contributed by atoms with Gasteiger partial charge in [-0.3, -0.25) is 4.79 Å². The minimum atomic E-state index is -0.457. The predicted molar refractivity (Wildman–Crippen MR) is 94.4 cm³/mol. The third kappa shape index (κ3) is 5.32. The molecule has 1 aromatic carbocycles. The van der Waals surface area contributed by atoms with Crippen molar-refractivity contribution in [2.45, 2.75) is 12.5 Å². The quantitative estimate of drug-likeness (QED) is 0.844. The molecular formula is C14H18ClN3OS2. The third-order valence-electron chi connectivity index (χ3n) is 2.80. The van der Waals surface area contributed by atoms with Crippen molar-refractivity contribution >= 4 is 47.1 Å². The molecule has 0 aliphatic carbocycles. The fourth-order valence-corrected chi connectivity index (χ4v) is 2.81. The highest BCUT2D eigenvalue weighted by molar-refractivity contribution is 7.98. The number of benzene rings is 1. The molecule has 0 bridgehead atoms. The lowest BCUT2D eigenvalue weighted by Gasteiger charge is -2.11. The molecule has 0 saturated carbocycles. The van der Waals surface area contributed by atoms with E-state index in [4.69, 9.17) is 5.73 Å².